The second-order valence-electron chi connectivity index (χ2n) is 12.3. The number of rotatable bonds is 13. The van der Waals surface area contributed by atoms with E-state index in [-0.39, 0.29) is 0 Å². The molecule has 5 aromatic carbocycles. The second kappa shape index (κ2) is 13.0. The van der Waals surface area contributed by atoms with E-state index in [1.54, 1.807) is 0 Å². The SMILES string of the molecule is C=S(CCC)CCCc1ccc2cc3oc4cc5c(cc4c3cc2c1)oc1cc2ccc(SCCCCCCC)cc2cc15. The zero-order chi connectivity index (χ0) is 30.0. The predicted octanol–water partition coefficient (Wildman–Crippen LogP) is 12.9. The highest BCUT2D eigenvalue weighted by molar-refractivity contribution is 8.14. The fourth-order valence-electron chi connectivity index (χ4n) is 6.57. The quantitative estimate of drug-likeness (QED) is 0.0730. The molecule has 0 bridgehead atoms. The van der Waals surface area contributed by atoms with Gasteiger partial charge in [0.15, 0.2) is 0 Å². The van der Waals surface area contributed by atoms with Gasteiger partial charge in [0.1, 0.15) is 22.3 Å². The molecule has 4 heteroatoms. The number of thioether (sulfide) groups is 1. The van der Waals surface area contributed by atoms with Crippen LogP contribution < -0.4 is 0 Å². The molecule has 2 aromatic heterocycles. The fourth-order valence-corrected chi connectivity index (χ4v) is 8.86. The van der Waals surface area contributed by atoms with Crippen LogP contribution in [0.4, 0.5) is 0 Å². The average molecular weight is 619 g/mol. The summed E-state index contributed by atoms with van der Waals surface area (Å²) in [5.74, 6) is 8.00. The molecule has 0 aliphatic heterocycles. The van der Waals surface area contributed by atoms with Crippen molar-refractivity contribution in [3.05, 3.63) is 78.4 Å². The summed E-state index contributed by atoms with van der Waals surface area (Å²) in [7, 11) is 0.298. The summed E-state index contributed by atoms with van der Waals surface area (Å²) in [4.78, 5) is 1.35. The average Bonchev–Trinajstić information content (AvgIpc) is 3.55. The van der Waals surface area contributed by atoms with E-state index in [1.165, 1.54) is 94.2 Å². The monoisotopic (exact) mass is 618 g/mol. The molecule has 44 heavy (non-hydrogen) atoms. The number of furan rings is 2. The predicted molar refractivity (Wildman–Crippen MR) is 199 cm³/mol. The Morgan fingerprint density at radius 1 is 0.568 bits per heavy atom. The third kappa shape index (κ3) is 6.04. The lowest BCUT2D eigenvalue weighted by Gasteiger charge is -2.07. The molecule has 1 unspecified atom stereocenters. The maximum absolute atomic E-state index is 6.47. The molecule has 1 atom stereocenters. The Balaban J connectivity index is 1.19. The van der Waals surface area contributed by atoms with Crippen molar-refractivity contribution in [1.82, 2.24) is 0 Å². The molecule has 2 nitrogen and oxygen atoms in total. The number of unbranched alkanes of at least 4 members (excludes halogenated alkanes) is 4. The Labute approximate surface area is 267 Å². The maximum atomic E-state index is 6.47. The van der Waals surface area contributed by atoms with Gasteiger partial charge >= 0.3 is 0 Å². The minimum absolute atomic E-state index is 0.298. The van der Waals surface area contributed by atoms with E-state index in [4.69, 9.17) is 8.83 Å². The first-order valence-corrected chi connectivity index (χ1v) is 19.1. The van der Waals surface area contributed by atoms with E-state index in [1.807, 2.05) is 11.8 Å². The third-order valence-corrected chi connectivity index (χ3v) is 11.9. The summed E-state index contributed by atoms with van der Waals surface area (Å²) < 4.78 is 12.9. The van der Waals surface area contributed by atoms with Gasteiger partial charge in [-0.05, 0) is 119 Å². The van der Waals surface area contributed by atoms with Crippen LogP contribution in [0.25, 0.3) is 65.4 Å². The van der Waals surface area contributed by atoms with Gasteiger partial charge in [-0.1, -0.05) is 69.7 Å². The molecule has 7 rings (SSSR count). The molecular weight excluding hydrogens is 577 g/mol. The molecule has 0 fully saturated rings. The van der Waals surface area contributed by atoms with Crippen molar-refractivity contribution in [1.29, 1.82) is 0 Å². The van der Waals surface area contributed by atoms with Crippen LogP contribution >= 0.6 is 22.2 Å². The summed E-state index contributed by atoms with van der Waals surface area (Å²) in [6, 6.07) is 27.1. The van der Waals surface area contributed by atoms with Crippen molar-refractivity contribution in [2.45, 2.75) is 70.1 Å². The Hall–Kier alpha value is -3.21. The van der Waals surface area contributed by atoms with Gasteiger partial charge in [0.2, 0.25) is 0 Å². The Morgan fingerprint density at radius 2 is 1.18 bits per heavy atom. The smallest absolute Gasteiger partial charge is 0.136 e. The highest BCUT2D eigenvalue weighted by Gasteiger charge is 2.15. The number of hydrogen-bond acceptors (Lipinski definition) is 3. The van der Waals surface area contributed by atoms with Gasteiger partial charge < -0.3 is 8.83 Å². The van der Waals surface area contributed by atoms with Crippen molar-refractivity contribution in [3.63, 3.8) is 0 Å². The highest BCUT2D eigenvalue weighted by Crippen LogP contribution is 2.39. The number of hydrogen-bond donors (Lipinski definition) is 0. The van der Waals surface area contributed by atoms with E-state index >= 15 is 0 Å². The Morgan fingerprint density at radius 3 is 1.86 bits per heavy atom. The molecular formula is C40H42O2S2. The first-order valence-electron chi connectivity index (χ1n) is 16.4. The lowest BCUT2D eigenvalue weighted by atomic mass is 10.0. The van der Waals surface area contributed by atoms with Crippen LogP contribution in [0.15, 0.2) is 86.5 Å². The molecule has 0 spiro atoms. The van der Waals surface area contributed by atoms with Gasteiger partial charge in [0.25, 0.3) is 0 Å². The highest BCUT2D eigenvalue weighted by atomic mass is 32.2. The topological polar surface area (TPSA) is 26.3 Å². The van der Waals surface area contributed by atoms with Crippen molar-refractivity contribution in [3.8, 4) is 0 Å². The number of aryl methyl sites for hydroxylation is 1. The van der Waals surface area contributed by atoms with Crippen LogP contribution in [-0.2, 0) is 6.42 Å². The number of benzene rings is 5. The molecule has 0 aliphatic rings. The van der Waals surface area contributed by atoms with Gasteiger partial charge in [0.05, 0.1) is 0 Å². The van der Waals surface area contributed by atoms with Gasteiger partial charge in [-0.15, -0.1) is 11.8 Å². The van der Waals surface area contributed by atoms with Gasteiger partial charge in [0, 0.05) is 26.4 Å². The standard InChI is InChI=1S/C40H42O2S2/c1-4-6-7-8-9-16-43-32-15-14-29-24-38-34(22-31(29)20-32)36-26-39-35(25-40(36)42-38)33-21-30-19-27(11-10-18-44(3)17-5-2)12-13-28(30)23-37(33)41-39/h12-15,19-26H,3-11,16-18H2,1-2H3. The van der Waals surface area contributed by atoms with Crippen molar-refractivity contribution in [2.24, 2.45) is 0 Å². The number of fused-ring (bicyclic) bond motifs is 8. The summed E-state index contributed by atoms with van der Waals surface area (Å²) in [6.45, 7) is 4.52. The van der Waals surface area contributed by atoms with Crippen LogP contribution in [-0.4, -0.2) is 23.1 Å². The van der Waals surface area contributed by atoms with Crippen LogP contribution in [0.3, 0.4) is 0 Å². The van der Waals surface area contributed by atoms with Gasteiger partial charge in [-0.3, -0.25) is 0 Å². The minimum Gasteiger partial charge on any atom is -0.456 e. The van der Waals surface area contributed by atoms with E-state index in [9.17, 15) is 0 Å². The van der Waals surface area contributed by atoms with Crippen molar-refractivity contribution < 1.29 is 8.83 Å². The molecule has 226 valence electrons. The van der Waals surface area contributed by atoms with Crippen molar-refractivity contribution in [2.75, 3.05) is 17.3 Å². The first kappa shape index (κ1) is 29.5. The molecule has 2 heterocycles. The van der Waals surface area contributed by atoms with E-state index in [2.05, 4.69) is 92.5 Å². The lowest BCUT2D eigenvalue weighted by Crippen LogP contribution is -1.91. The summed E-state index contributed by atoms with van der Waals surface area (Å²) in [5.41, 5.74) is 5.09. The van der Waals surface area contributed by atoms with Crippen LogP contribution in [0.2, 0.25) is 0 Å². The van der Waals surface area contributed by atoms with Crippen LogP contribution in [0, 0.1) is 0 Å². The summed E-state index contributed by atoms with van der Waals surface area (Å²) >= 11 is 1.98. The molecule has 0 saturated heterocycles. The van der Waals surface area contributed by atoms with Crippen LogP contribution in [0.1, 0.15) is 64.4 Å². The van der Waals surface area contributed by atoms with Crippen molar-refractivity contribution >= 4 is 93.5 Å². The van der Waals surface area contributed by atoms with Gasteiger partial charge in [-0.25, -0.2) is 0 Å². The molecule has 0 aliphatic carbocycles. The fraction of sp³-hybridized carbons (Fsp3) is 0.325. The molecule has 0 radical (unpaired) electrons. The largest absolute Gasteiger partial charge is 0.456 e. The zero-order valence-corrected chi connectivity index (χ0v) is 27.7. The van der Waals surface area contributed by atoms with E-state index in [0.717, 1.165) is 50.3 Å². The van der Waals surface area contributed by atoms with E-state index < -0.39 is 0 Å². The lowest BCUT2D eigenvalue weighted by molar-refractivity contribution is 0.659. The summed E-state index contributed by atoms with van der Waals surface area (Å²) in [6.07, 6.45) is 10.2. The normalized spacial score (nSPS) is 13.0. The van der Waals surface area contributed by atoms with E-state index in [0.29, 0.717) is 10.5 Å². The third-order valence-electron chi connectivity index (χ3n) is 8.92. The van der Waals surface area contributed by atoms with Crippen LogP contribution in [0.5, 0.6) is 0 Å². The maximum Gasteiger partial charge on any atom is 0.136 e. The Bertz CT molecular complexity index is 2130. The first-order chi connectivity index (χ1) is 21.6. The zero-order valence-electron chi connectivity index (χ0n) is 26.0. The molecule has 0 saturated carbocycles. The molecule has 7 aromatic rings. The molecule has 0 amide bonds. The molecule has 0 N–H and O–H groups in total. The summed E-state index contributed by atoms with van der Waals surface area (Å²) in [5, 5.41) is 9.50. The second-order valence-corrected chi connectivity index (χ2v) is 15.5. The minimum atomic E-state index is 0.298. The van der Waals surface area contributed by atoms with Gasteiger partial charge in [-0.2, -0.15) is 10.5 Å². The Kier molecular flexibility index (Phi) is 8.73.